The predicted octanol–water partition coefficient (Wildman–Crippen LogP) is 3.56. The number of carbonyl (C=O) groups excluding carboxylic acids is 1. The molecule has 26 heavy (non-hydrogen) atoms. The molecule has 0 aliphatic heterocycles. The summed E-state index contributed by atoms with van der Waals surface area (Å²) in [5, 5.41) is 0. The molecule has 0 saturated carbocycles. The molecular formula is C20H18N2O3S. The van der Waals surface area contributed by atoms with Crippen LogP contribution in [-0.4, -0.2) is 29.4 Å². The Morgan fingerprint density at radius 3 is 2.58 bits per heavy atom. The minimum absolute atomic E-state index is 0.186. The highest BCUT2D eigenvalue weighted by Crippen LogP contribution is 2.24. The van der Waals surface area contributed by atoms with Gasteiger partial charge in [-0.15, -0.1) is 0 Å². The van der Waals surface area contributed by atoms with Crippen LogP contribution in [-0.2, 0) is 10.0 Å². The van der Waals surface area contributed by atoms with Crippen LogP contribution in [0.5, 0.6) is 0 Å². The summed E-state index contributed by atoms with van der Waals surface area (Å²) < 4.78 is 26.8. The summed E-state index contributed by atoms with van der Waals surface area (Å²) in [7, 11) is -3.66. The van der Waals surface area contributed by atoms with E-state index in [1.165, 1.54) is 10.2 Å². The maximum atomic E-state index is 12.8. The van der Waals surface area contributed by atoms with Crippen molar-refractivity contribution in [1.82, 2.24) is 8.96 Å². The molecule has 132 valence electrons. The molecule has 3 aromatic rings. The lowest BCUT2D eigenvalue weighted by Crippen LogP contribution is -2.15. The minimum Gasteiger partial charge on any atom is -0.298 e. The Morgan fingerprint density at radius 1 is 1.12 bits per heavy atom. The molecule has 1 aromatic carbocycles. The van der Waals surface area contributed by atoms with E-state index >= 15 is 0 Å². The number of benzene rings is 1. The first kappa shape index (κ1) is 17.8. The zero-order valence-corrected chi connectivity index (χ0v) is 15.1. The summed E-state index contributed by atoms with van der Waals surface area (Å²) in [4.78, 5) is 15.3. The lowest BCUT2D eigenvalue weighted by molar-refractivity contribution is 0.112. The molecule has 5 nitrogen and oxygen atoms in total. The summed E-state index contributed by atoms with van der Waals surface area (Å²) in [5.41, 5.74) is 3.22. The Kier molecular flexibility index (Phi) is 5.14. The Hall–Kier alpha value is -2.99. The number of aldehydes is 1. The van der Waals surface area contributed by atoms with Gasteiger partial charge in [0.15, 0.2) is 6.29 Å². The number of carbonyl (C=O) groups is 1. The molecule has 6 heteroatoms. The van der Waals surface area contributed by atoms with Crippen LogP contribution in [0.1, 0.15) is 21.6 Å². The molecular weight excluding hydrogens is 348 g/mol. The summed E-state index contributed by atoms with van der Waals surface area (Å²) in [6, 6.07) is 14.4. The van der Waals surface area contributed by atoms with Crippen LogP contribution >= 0.6 is 0 Å². The van der Waals surface area contributed by atoms with E-state index in [4.69, 9.17) is 0 Å². The van der Waals surface area contributed by atoms with Gasteiger partial charge in [-0.2, -0.15) is 0 Å². The molecule has 0 atom stereocenters. The smallest absolute Gasteiger partial charge is 0.242 e. The van der Waals surface area contributed by atoms with E-state index in [1.54, 1.807) is 30.5 Å². The van der Waals surface area contributed by atoms with Crippen LogP contribution in [0.3, 0.4) is 0 Å². The topological polar surface area (TPSA) is 69.0 Å². The molecule has 0 bridgehead atoms. The second kappa shape index (κ2) is 7.49. The van der Waals surface area contributed by atoms with Gasteiger partial charge in [-0.3, -0.25) is 9.78 Å². The van der Waals surface area contributed by atoms with Gasteiger partial charge in [0.2, 0.25) is 10.0 Å². The van der Waals surface area contributed by atoms with Crippen LogP contribution in [0, 0.1) is 6.92 Å². The van der Waals surface area contributed by atoms with Gasteiger partial charge in [0.1, 0.15) is 0 Å². The van der Waals surface area contributed by atoms with E-state index in [2.05, 4.69) is 4.98 Å². The molecule has 0 radical (unpaired) electrons. The van der Waals surface area contributed by atoms with Crippen molar-refractivity contribution in [2.24, 2.45) is 0 Å². The highest BCUT2D eigenvalue weighted by Gasteiger charge is 2.18. The number of pyridine rings is 1. The number of nitrogens with zero attached hydrogens (tertiary/aromatic N) is 2. The van der Waals surface area contributed by atoms with Gasteiger partial charge in [-0.1, -0.05) is 48.6 Å². The van der Waals surface area contributed by atoms with Crippen molar-refractivity contribution in [2.75, 3.05) is 5.75 Å². The van der Waals surface area contributed by atoms with Crippen molar-refractivity contribution in [3.8, 4) is 11.3 Å². The van der Waals surface area contributed by atoms with E-state index in [9.17, 15) is 13.2 Å². The monoisotopic (exact) mass is 366 g/mol. The molecule has 0 unspecified atom stereocenters. The molecule has 2 heterocycles. The molecule has 2 aromatic heterocycles. The highest BCUT2D eigenvalue weighted by atomic mass is 32.2. The Labute approximate surface area is 152 Å². The Bertz CT molecular complexity index is 1050. The lowest BCUT2D eigenvalue weighted by atomic mass is 10.1. The summed E-state index contributed by atoms with van der Waals surface area (Å²) >= 11 is 0. The zero-order chi connectivity index (χ0) is 18.6. The summed E-state index contributed by atoms with van der Waals surface area (Å²) in [6.07, 6.45) is 7.03. The first-order chi connectivity index (χ1) is 12.5. The molecule has 0 aliphatic carbocycles. The normalized spacial score (nSPS) is 11.7. The van der Waals surface area contributed by atoms with Gasteiger partial charge in [0.05, 0.1) is 11.4 Å². The molecule has 0 fully saturated rings. The van der Waals surface area contributed by atoms with Crippen LogP contribution in [0.2, 0.25) is 0 Å². The van der Waals surface area contributed by atoms with Crippen molar-refractivity contribution < 1.29 is 13.2 Å². The van der Waals surface area contributed by atoms with Gasteiger partial charge in [-0.25, -0.2) is 12.4 Å². The molecule has 0 amide bonds. The number of rotatable bonds is 6. The quantitative estimate of drug-likeness (QED) is 0.626. The fourth-order valence-corrected chi connectivity index (χ4v) is 3.87. The standard InChI is InChI=1S/C20H18N2O3S/c1-16-18(9-5-11-21-16)10-6-12-26(24,25)22-14-17(15-23)13-20(22)19-7-3-2-4-8-19/h2-11,13-15H,12H2,1H3. The van der Waals surface area contributed by atoms with Gasteiger partial charge in [-0.05, 0) is 30.2 Å². The molecule has 0 saturated heterocycles. The largest absolute Gasteiger partial charge is 0.298 e. The van der Waals surface area contributed by atoms with Crippen LogP contribution in [0.25, 0.3) is 17.3 Å². The van der Waals surface area contributed by atoms with E-state index in [-0.39, 0.29) is 5.75 Å². The minimum atomic E-state index is -3.66. The second-order valence-electron chi connectivity index (χ2n) is 5.80. The van der Waals surface area contributed by atoms with Gasteiger partial charge in [0, 0.05) is 23.7 Å². The summed E-state index contributed by atoms with van der Waals surface area (Å²) in [5.74, 6) is -0.186. The first-order valence-electron chi connectivity index (χ1n) is 8.05. The first-order valence-corrected chi connectivity index (χ1v) is 9.66. The van der Waals surface area contributed by atoms with E-state index < -0.39 is 10.0 Å². The average molecular weight is 366 g/mol. The number of hydrogen-bond donors (Lipinski definition) is 0. The Morgan fingerprint density at radius 2 is 1.88 bits per heavy atom. The lowest BCUT2D eigenvalue weighted by Gasteiger charge is -2.09. The van der Waals surface area contributed by atoms with Crippen LogP contribution < -0.4 is 0 Å². The van der Waals surface area contributed by atoms with Crippen LogP contribution in [0.15, 0.2) is 67.0 Å². The molecule has 0 spiro atoms. The molecule has 3 rings (SSSR count). The van der Waals surface area contributed by atoms with Crippen molar-refractivity contribution in [3.05, 3.63) is 83.8 Å². The Balaban J connectivity index is 1.93. The van der Waals surface area contributed by atoms with Crippen molar-refractivity contribution in [1.29, 1.82) is 0 Å². The third-order valence-electron chi connectivity index (χ3n) is 3.96. The number of hydrogen-bond acceptors (Lipinski definition) is 4. The van der Waals surface area contributed by atoms with E-state index in [0.29, 0.717) is 17.5 Å². The third-order valence-corrected chi connectivity index (χ3v) is 5.48. The van der Waals surface area contributed by atoms with Gasteiger partial charge >= 0.3 is 0 Å². The van der Waals surface area contributed by atoms with Gasteiger partial charge < -0.3 is 0 Å². The van der Waals surface area contributed by atoms with E-state index in [1.807, 2.05) is 43.3 Å². The van der Waals surface area contributed by atoms with Crippen molar-refractivity contribution in [3.63, 3.8) is 0 Å². The SMILES string of the molecule is Cc1ncccc1C=CCS(=O)(=O)n1cc(C=O)cc1-c1ccccc1. The van der Waals surface area contributed by atoms with E-state index in [0.717, 1.165) is 16.8 Å². The fraction of sp³-hybridized carbons (Fsp3) is 0.100. The maximum absolute atomic E-state index is 12.8. The molecule has 0 aliphatic rings. The third kappa shape index (κ3) is 3.81. The van der Waals surface area contributed by atoms with Crippen LogP contribution in [0.4, 0.5) is 0 Å². The summed E-state index contributed by atoms with van der Waals surface area (Å²) in [6.45, 7) is 1.87. The number of aromatic nitrogens is 2. The van der Waals surface area contributed by atoms with Crippen molar-refractivity contribution >= 4 is 22.4 Å². The number of aryl methyl sites for hydroxylation is 1. The average Bonchev–Trinajstić information content (AvgIpc) is 3.09. The van der Waals surface area contributed by atoms with Crippen molar-refractivity contribution in [2.45, 2.75) is 6.92 Å². The fourth-order valence-electron chi connectivity index (χ4n) is 2.63. The maximum Gasteiger partial charge on any atom is 0.242 e. The highest BCUT2D eigenvalue weighted by molar-refractivity contribution is 7.90. The van der Waals surface area contributed by atoms with Gasteiger partial charge in [0.25, 0.3) is 0 Å². The second-order valence-corrected chi connectivity index (χ2v) is 7.69. The predicted molar refractivity (Wildman–Crippen MR) is 102 cm³/mol. The molecule has 0 N–H and O–H groups in total. The zero-order valence-electron chi connectivity index (χ0n) is 14.2.